The predicted molar refractivity (Wildman–Crippen MR) is 67.3 cm³/mol. The van der Waals surface area contributed by atoms with Crippen molar-refractivity contribution < 1.29 is 4.74 Å². The predicted octanol–water partition coefficient (Wildman–Crippen LogP) is 3.22. The fourth-order valence-corrected chi connectivity index (χ4v) is 1.75. The lowest BCUT2D eigenvalue weighted by molar-refractivity contribution is 0.192. The summed E-state index contributed by atoms with van der Waals surface area (Å²) in [6.07, 6.45) is 7.81. The summed E-state index contributed by atoms with van der Waals surface area (Å²) >= 11 is 0. The maximum atomic E-state index is 5.02. The SMILES string of the molecule is CCCCC(CC)CNCCCCOC. The first kappa shape index (κ1) is 14.9. The van der Waals surface area contributed by atoms with Crippen molar-refractivity contribution in [2.24, 2.45) is 5.92 Å². The fourth-order valence-electron chi connectivity index (χ4n) is 1.75. The van der Waals surface area contributed by atoms with Gasteiger partial charge in [-0.25, -0.2) is 0 Å². The van der Waals surface area contributed by atoms with E-state index >= 15 is 0 Å². The highest BCUT2D eigenvalue weighted by Crippen LogP contribution is 2.10. The Hall–Kier alpha value is -0.0800. The second kappa shape index (κ2) is 12.0. The molecule has 2 heteroatoms. The first-order valence-corrected chi connectivity index (χ1v) is 6.54. The van der Waals surface area contributed by atoms with E-state index in [0.717, 1.165) is 19.1 Å². The summed E-state index contributed by atoms with van der Waals surface area (Å²) in [7, 11) is 1.77. The molecule has 0 amide bonds. The molecule has 15 heavy (non-hydrogen) atoms. The number of hydrogen-bond donors (Lipinski definition) is 1. The zero-order chi connectivity index (χ0) is 11.4. The van der Waals surface area contributed by atoms with Crippen molar-refractivity contribution in [3.63, 3.8) is 0 Å². The molecule has 0 heterocycles. The molecule has 0 saturated heterocycles. The molecule has 0 fully saturated rings. The first-order chi connectivity index (χ1) is 7.35. The van der Waals surface area contributed by atoms with E-state index in [4.69, 9.17) is 4.74 Å². The van der Waals surface area contributed by atoms with Gasteiger partial charge in [-0.05, 0) is 38.3 Å². The molecular weight excluding hydrogens is 186 g/mol. The van der Waals surface area contributed by atoms with Gasteiger partial charge in [0, 0.05) is 13.7 Å². The number of methoxy groups -OCH3 is 1. The van der Waals surface area contributed by atoms with Crippen LogP contribution in [0, 0.1) is 5.92 Å². The fraction of sp³-hybridized carbons (Fsp3) is 1.00. The van der Waals surface area contributed by atoms with E-state index in [2.05, 4.69) is 19.2 Å². The third-order valence-corrected chi connectivity index (χ3v) is 2.93. The lowest BCUT2D eigenvalue weighted by atomic mass is 9.99. The summed E-state index contributed by atoms with van der Waals surface area (Å²) in [6.45, 7) is 7.81. The van der Waals surface area contributed by atoms with Gasteiger partial charge in [0.15, 0.2) is 0 Å². The molecule has 1 N–H and O–H groups in total. The van der Waals surface area contributed by atoms with Crippen molar-refractivity contribution >= 4 is 0 Å². The van der Waals surface area contributed by atoms with Gasteiger partial charge in [0.1, 0.15) is 0 Å². The molecule has 0 radical (unpaired) electrons. The lowest BCUT2D eigenvalue weighted by Crippen LogP contribution is -2.23. The Labute approximate surface area is 95.8 Å². The maximum Gasteiger partial charge on any atom is 0.0462 e. The van der Waals surface area contributed by atoms with Crippen LogP contribution in [0.1, 0.15) is 52.4 Å². The molecule has 1 unspecified atom stereocenters. The van der Waals surface area contributed by atoms with Gasteiger partial charge < -0.3 is 10.1 Å². The second-order valence-electron chi connectivity index (χ2n) is 4.32. The summed E-state index contributed by atoms with van der Waals surface area (Å²) in [4.78, 5) is 0. The molecule has 0 saturated carbocycles. The van der Waals surface area contributed by atoms with Crippen LogP contribution < -0.4 is 5.32 Å². The number of unbranched alkanes of at least 4 members (excludes halogenated alkanes) is 2. The van der Waals surface area contributed by atoms with Crippen LogP contribution in [0.2, 0.25) is 0 Å². The Balaban J connectivity index is 3.22. The van der Waals surface area contributed by atoms with Crippen LogP contribution in [0.25, 0.3) is 0 Å². The molecule has 0 aliphatic rings. The summed E-state index contributed by atoms with van der Waals surface area (Å²) in [5.74, 6) is 0.882. The van der Waals surface area contributed by atoms with E-state index < -0.39 is 0 Å². The molecule has 0 bridgehead atoms. The van der Waals surface area contributed by atoms with Gasteiger partial charge in [0.05, 0.1) is 0 Å². The van der Waals surface area contributed by atoms with Crippen molar-refractivity contribution in [2.45, 2.75) is 52.4 Å². The molecule has 0 aromatic heterocycles. The first-order valence-electron chi connectivity index (χ1n) is 6.54. The smallest absolute Gasteiger partial charge is 0.0462 e. The van der Waals surface area contributed by atoms with Gasteiger partial charge >= 0.3 is 0 Å². The molecule has 0 aliphatic carbocycles. The van der Waals surface area contributed by atoms with Crippen LogP contribution in [-0.4, -0.2) is 26.8 Å². The monoisotopic (exact) mass is 215 g/mol. The molecule has 0 aromatic carbocycles. The zero-order valence-corrected chi connectivity index (χ0v) is 10.8. The van der Waals surface area contributed by atoms with Crippen molar-refractivity contribution in [1.82, 2.24) is 5.32 Å². The van der Waals surface area contributed by atoms with Crippen molar-refractivity contribution in [2.75, 3.05) is 26.8 Å². The summed E-state index contributed by atoms with van der Waals surface area (Å²) < 4.78 is 5.02. The van der Waals surface area contributed by atoms with Crippen LogP contribution >= 0.6 is 0 Å². The van der Waals surface area contributed by atoms with Gasteiger partial charge in [-0.1, -0.05) is 33.1 Å². The normalized spacial score (nSPS) is 13.0. The third kappa shape index (κ3) is 10.2. The van der Waals surface area contributed by atoms with Crippen LogP contribution in [0.3, 0.4) is 0 Å². The minimum atomic E-state index is 0.882. The third-order valence-electron chi connectivity index (χ3n) is 2.93. The number of rotatable bonds is 11. The Morgan fingerprint density at radius 2 is 1.93 bits per heavy atom. The Kier molecular flexibility index (Phi) is 11.9. The van der Waals surface area contributed by atoms with Gasteiger partial charge in [-0.15, -0.1) is 0 Å². The summed E-state index contributed by atoms with van der Waals surface area (Å²) in [5, 5.41) is 3.55. The minimum Gasteiger partial charge on any atom is -0.385 e. The van der Waals surface area contributed by atoms with Crippen LogP contribution in [0.4, 0.5) is 0 Å². The van der Waals surface area contributed by atoms with E-state index in [0.29, 0.717) is 0 Å². The average molecular weight is 215 g/mol. The van der Waals surface area contributed by atoms with Crippen LogP contribution in [0.15, 0.2) is 0 Å². The van der Waals surface area contributed by atoms with Gasteiger partial charge in [-0.3, -0.25) is 0 Å². The molecule has 0 aliphatic heterocycles. The summed E-state index contributed by atoms with van der Waals surface area (Å²) in [5.41, 5.74) is 0. The van der Waals surface area contributed by atoms with E-state index in [-0.39, 0.29) is 0 Å². The molecule has 0 spiro atoms. The molecule has 92 valence electrons. The van der Waals surface area contributed by atoms with Gasteiger partial charge in [-0.2, -0.15) is 0 Å². The highest BCUT2D eigenvalue weighted by Gasteiger charge is 2.04. The number of ether oxygens (including phenoxy) is 1. The largest absolute Gasteiger partial charge is 0.385 e. The Morgan fingerprint density at radius 1 is 1.13 bits per heavy atom. The standard InChI is InChI=1S/C13H29NO/c1-4-6-9-13(5-2)12-14-10-7-8-11-15-3/h13-14H,4-12H2,1-3H3. The molecule has 0 aromatic rings. The van der Waals surface area contributed by atoms with Gasteiger partial charge in [0.2, 0.25) is 0 Å². The van der Waals surface area contributed by atoms with Gasteiger partial charge in [0.25, 0.3) is 0 Å². The van der Waals surface area contributed by atoms with Crippen LogP contribution in [0.5, 0.6) is 0 Å². The van der Waals surface area contributed by atoms with Crippen LogP contribution in [-0.2, 0) is 4.74 Å². The Bertz CT molecular complexity index is 117. The van der Waals surface area contributed by atoms with E-state index in [1.165, 1.54) is 45.1 Å². The van der Waals surface area contributed by atoms with E-state index in [1.54, 1.807) is 7.11 Å². The van der Waals surface area contributed by atoms with E-state index in [1.807, 2.05) is 0 Å². The Morgan fingerprint density at radius 3 is 2.53 bits per heavy atom. The zero-order valence-electron chi connectivity index (χ0n) is 10.8. The summed E-state index contributed by atoms with van der Waals surface area (Å²) in [6, 6.07) is 0. The van der Waals surface area contributed by atoms with Crippen molar-refractivity contribution in [1.29, 1.82) is 0 Å². The topological polar surface area (TPSA) is 21.3 Å². The maximum absolute atomic E-state index is 5.02. The molecule has 0 rings (SSSR count). The lowest BCUT2D eigenvalue weighted by Gasteiger charge is -2.15. The molecule has 1 atom stereocenters. The molecule has 2 nitrogen and oxygen atoms in total. The number of nitrogens with one attached hydrogen (secondary N) is 1. The van der Waals surface area contributed by atoms with Crippen molar-refractivity contribution in [3.8, 4) is 0 Å². The average Bonchev–Trinajstić information content (AvgIpc) is 2.27. The second-order valence-corrected chi connectivity index (χ2v) is 4.32. The van der Waals surface area contributed by atoms with Crippen molar-refractivity contribution in [3.05, 3.63) is 0 Å². The highest BCUT2D eigenvalue weighted by atomic mass is 16.5. The highest BCUT2D eigenvalue weighted by molar-refractivity contribution is 4.60. The quantitative estimate of drug-likeness (QED) is 0.534. The van der Waals surface area contributed by atoms with E-state index in [9.17, 15) is 0 Å². The molecular formula is C13H29NO. The number of hydrogen-bond acceptors (Lipinski definition) is 2. The minimum absolute atomic E-state index is 0.882.